The topological polar surface area (TPSA) is 78.2 Å². The van der Waals surface area contributed by atoms with Crippen LogP contribution in [0.2, 0.25) is 0 Å². The Morgan fingerprint density at radius 1 is 1.50 bits per heavy atom. The number of aldehydes is 1. The molecule has 4 heteroatoms. The first kappa shape index (κ1) is 11.7. The molecule has 0 heterocycles. The average molecular weight is 215 g/mol. The molecule has 0 spiro atoms. The Morgan fingerprint density at radius 2 is 2.19 bits per heavy atom. The number of aliphatic carboxylic acids is 1. The van der Waals surface area contributed by atoms with Gasteiger partial charge in [-0.2, -0.15) is 5.26 Å². The van der Waals surface area contributed by atoms with E-state index in [2.05, 4.69) is 0 Å². The molecule has 1 N–H and O–H groups in total. The number of carboxylic acid groups (broad SMARTS) is 1. The van der Waals surface area contributed by atoms with Gasteiger partial charge in [-0.15, -0.1) is 0 Å². The van der Waals surface area contributed by atoms with Crippen LogP contribution >= 0.6 is 0 Å². The van der Waals surface area contributed by atoms with E-state index in [0.717, 1.165) is 6.08 Å². The summed E-state index contributed by atoms with van der Waals surface area (Å²) in [5, 5.41) is 17.3. The minimum Gasteiger partial charge on any atom is -0.478 e. The highest BCUT2D eigenvalue weighted by atomic mass is 16.4. The molecule has 80 valence electrons. The van der Waals surface area contributed by atoms with Crippen molar-refractivity contribution < 1.29 is 14.7 Å². The van der Waals surface area contributed by atoms with Crippen LogP contribution in [0.15, 0.2) is 18.2 Å². The molecule has 4 nitrogen and oxygen atoms in total. The second-order valence-electron chi connectivity index (χ2n) is 3.20. The van der Waals surface area contributed by atoms with Gasteiger partial charge in [0.05, 0.1) is 11.6 Å². The van der Waals surface area contributed by atoms with Gasteiger partial charge in [0.2, 0.25) is 0 Å². The van der Waals surface area contributed by atoms with Crippen LogP contribution < -0.4 is 0 Å². The molecule has 0 saturated heterocycles. The lowest BCUT2D eigenvalue weighted by Crippen LogP contribution is -1.94. The van der Waals surface area contributed by atoms with E-state index in [1.54, 1.807) is 13.0 Å². The number of carbonyl (C=O) groups is 2. The summed E-state index contributed by atoms with van der Waals surface area (Å²) in [6.45, 7) is 1.70. The minimum atomic E-state index is -1.06. The molecular weight excluding hydrogens is 206 g/mol. The van der Waals surface area contributed by atoms with Crippen molar-refractivity contribution in [2.24, 2.45) is 0 Å². The van der Waals surface area contributed by atoms with Crippen LogP contribution in [-0.2, 0) is 4.79 Å². The maximum Gasteiger partial charge on any atom is 0.328 e. The molecule has 0 amide bonds. The number of aryl methyl sites for hydroxylation is 1. The van der Waals surface area contributed by atoms with Gasteiger partial charge in [0.1, 0.15) is 0 Å². The molecule has 0 atom stereocenters. The van der Waals surface area contributed by atoms with Gasteiger partial charge >= 0.3 is 5.97 Å². The van der Waals surface area contributed by atoms with Gasteiger partial charge in [0, 0.05) is 11.6 Å². The van der Waals surface area contributed by atoms with Crippen molar-refractivity contribution in [2.45, 2.75) is 6.92 Å². The first-order valence-corrected chi connectivity index (χ1v) is 4.49. The summed E-state index contributed by atoms with van der Waals surface area (Å²) in [6, 6.07) is 5.04. The fourth-order valence-corrected chi connectivity index (χ4v) is 1.34. The molecule has 0 aliphatic heterocycles. The fraction of sp³-hybridized carbons (Fsp3) is 0.0833. The Hall–Kier alpha value is -2.41. The van der Waals surface area contributed by atoms with Crippen LogP contribution in [0.1, 0.15) is 27.0 Å². The SMILES string of the molecule is Cc1cc(/C=C/C(=O)O)cc(C#N)c1C=O. The smallest absolute Gasteiger partial charge is 0.328 e. The third-order valence-electron chi connectivity index (χ3n) is 2.07. The zero-order valence-electron chi connectivity index (χ0n) is 8.60. The zero-order valence-corrected chi connectivity index (χ0v) is 8.60. The van der Waals surface area contributed by atoms with Gasteiger partial charge in [0.15, 0.2) is 6.29 Å². The summed E-state index contributed by atoms with van der Waals surface area (Å²) >= 11 is 0. The normalized spacial score (nSPS) is 10.0. The molecule has 16 heavy (non-hydrogen) atoms. The van der Waals surface area contributed by atoms with Gasteiger partial charge in [-0.3, -0.25) is 4.79 Å². The maximum absolute atomic E-state index is 10.7. The molecule has 0 bridgehead atoms. The summed E-state index contributed by atoms with van der Waals surface area (Å²) in [7, 11) is 0. The molecular formula is C12H9NO3. The summed E-state index contributed by atoms with van der Waals surface area (Å²) in [4.78, 5) is 21.0. The molecule has 0 radical (unpaired) electrons. The monoisotopic (exact) mass is 215 g/mol. The van der Waals surface area contributed by atoms with E-state index in [-0.39, 0.29) is 5.56 Å². The van der Waals surface area contributed by atoms with Crippen LogP contribution in [-0.4, -0.2) is 17.4 Å². The van der Waals surface area contributed by atoms with E-state index < -0.39 is 5.97 Å². The van der Waals surface area contributed by atoms with Gasteiger partial charge in [-0.25, -0.2) is 4.79 Å². The number of carboxylic acids is 1. The molecule has 0 saturated carbocycles. The molecule has 1 aromatic carbocycles. The van der Waals surface area contributed by atoms with E-state index in [9.17, 15) is 9.59 Å². The lowest BCUT2D eigenvalue weighted by molar-refractivity contribution is -0.131. The Balaban J connectivity index is 3.27. The Bertz CT molecular complexity index is 510. The molecule has 0 unspecified atom stereocenters. The van der Waals surface area contributed by atoms with Gasteiger partial charge in [0.25, 0.3) is 0 Å². The summed E-state index contributed by atoms with van der Waals surface area (Å²) in [5.41, 5.74) is 1.83. The lowest BCUT2D eigenvalue weighted by atomic mass is 10.00. The molecule has 0 aliphatic rings. The number of benzene rings is 1. The Labute approximate surface area is 92.4 Å². The van der Waals surface area contributed by atoms with E-state index in [0.29, 0.717) is 23.0 Å². The zero-order chi connectivity index (χ0) is 12.1. The van der Waals surface area contributed by atoms with Crippen molar-refractivity contribution in [1.29, 1.82) is 5.26 Å². The highest BCUT2D eigenvalue weighted by molar-refractivity contribution is 5.86. The lowest BCUT2D eigenvalue weighted by Gasteiger charge is -2.02. The van der Waals surface area contributed by atoms with E-state index in [1.165, 1.54) is 12.1 Å². The third kappa shape index (κ3) is 2.55. The van der Waals surface area contributed by atoms with Crippen LogP contribution in [0.3, 0.4) is 0 Å². The fourth-order valence-electron chi connectivity index (χ4n) is 1.34. The van der Waals surface area contributed by atoms with Crippen molar-refractivity contribution in [3.63, 3.8) is 0 Å². The van der Waals surface area contributed by atoms with Crippen molar-refractivity contribution in [3.05, 3.63) is 40.5 Å². The molecule has 1 rings (SSSR count). The third-order valence-corrected chi connectivity index (χ3v) is 2.07. The van der Waals surface area contributed by atoms with Crippen LogP contribution in [0.4, 0.5) is 0 Å². The number of carbonyl (C=O) groups excluding carboxylic acids is 1. The van der Waals surface area contributed by atoms with Gasteiger partial charge < -0.3 is 5.11 Å². The highest BCUT2D eigenvalue weighted by Gasteiger charge is 2.05. The van der Waals surface area contributed by atoms with Gasteiger partial charge in [-0.05, 0) is 30.2 Å². The van der Waals surface area contributed by atoms with Crippen molar-refractivity contribution in [3.8, 4) is 6.07 Å². The second kappa shape index (κ2) is 4.89. The Kier molecular flexibility index (Phi) is 3.57. The highest BCUT2D eigenvalue weighted by Crippen LogP contribution is 2.16. The van der Waals surface area contributed by atoms with Crippen LogP contribution in [0.5, 0.6) is 0 Å². The predicted molar refractivity (Wildman–Crippen MR) is 58.0 cm³/mol. The summed E-state index contributed by atoms with van der Waals surface area (Å²) in [5.74, 6) is -1.06. The molecule has 0 aliphatic carbocycles. The van der Waals surface area contributed by atoms with Crippen LogP contribution in [0, 0.1) is 18.3 Å². The number of hydrogen-bond acceptors (Lipinski definition) is 3. The van der Waals surface area contributed by atoms with E-state index in [1.807, 2.05) is 6.07 Å². The summed E-state index contributed by atoms with van der Waals surface area (Å²) < 4.78 is 0. The van der Waals surface area contributed by atoms with Gasteiger partial charge in [-0.1, -0.05) is 6.07 Å². The molecule has 0 aromatic heterocycles. The number of nitriles is 1. The molecule has 1 aromatic rings. The molecule has 0 fully saturated rings. The van der Waals surface area contributed by atoms with Crippen molar-refractivity contribution in [1.82, 2.24) is 0 Å². The number of hydrogen-bond donors (Lipinski definition) is 1. The van der Waals surface area contributed by atoms with Crippen molar-refractivity contribution in [2.75, 3.05) is 0 Å². The largest absolute Gasteiger partial charge is 0.478 e. The maximum atomic E-state index is 10.7. The number of nitrogens with zero attached hydrogens (tertiary/aromatic N) is 1. The van der Waals surface area contributed by atoms with E-state index in [4.69, 9.17) is 10.4 Å². The van der Waals surface area contributed by atoms with Crippen LogP contribution in [0.25, 0.3) is 6.08 Å². The first-order valence-electron chi connectivity index (χ1n) is 4.49. The Morgan fingerprint density at radius 3 is 2.69 bits per heavy atom. The second-order valence-corrected chi connectivity index (χ2v) is 3.20. The van der Waals surface area contributed by atoms with E-state index >= 15 is 0 Å². The first-order chi connectivity index (χ1) is 7.58. The quantitative estimate of drug-likeness (QED) is 0.615. The standard InChI is InChI=1S/C12H9NO3/c1-8-4-9(2-3-12(15)16)5-10(6-13)11(8)7-14/h2-5,7H,1H3,(H,15,16)/b3-2+. The number of rotatable bonds is 3. The average Bonchev–Trinajstić information content (AvgIpc) is 2.25. The minimum absolute atomic E-state index is 0.250. The van der Waals surface area contributed by atoms with Crippen molar-refractivity contribution >= 4 is 18.3 Å². The summed E-state index contributed by atoms with van der Waals surface area (Å²) in [6.07, 6.45) is 2.99. The predicted octanol–water partition coefficient (Wildman–Crippen LogP) is 1.78.